The first-order valence-electron chi connectivity index (χ1n) is 5.29. The molecule has 0 heterocycles. The molecule has 1 rings (SSSR count). The molecule has 0 aromatic heterocycles. The summed E-state index contributed by atoms with van der Waals surface area (Å²) in [6, 6.07) is 7.80. The van der Waals surface area contributed by atoms with E-state index >= 15 is 0 Å². The van der Waals surface area contributed by atoms with Crippen LogP contribution >= 0.6 is 0 Å². The standard InChI is InChI=1S/C12H19NO2/c1-10(14)6-8-15-9-7-11-4-2-3-5-12(11)13/h2-5,10,14H,6-9,13H2,1H3. The summed E-state index contributed by atoms with van der Waals surface area (Å²) in [6.07, 6.45) is 1.23. The molecule has 84 valence electrons. The third kappa shape index (κ3) is 4.81. The summed E-state index contributed by atoms with van der Waals surface area (Å²) in [5, 5.41) is 9.01. The second-order valence-electron chi connectivity index (χ2n) is 3.70. The van der Waals surface area contributed by atoms with Gasteiger partial charge in [-0.3, -0.25) is 0 Å². The molecule has 3 nitrogen and oxygen atoms in total. The van der Waals surface area contributed by atoms with Crippen LogP contribution in [0.15, 0.2) is 24.3 Å². The molecule has 0 amide bonds. The Hall–Kier alpha value is -1.06. The maximum Gasteiger partial charge on any atom is 0.0534 e. The molecule has 0 radical (unpaired) electrons. The van der Waals surface area contributed by atoms with Gasteiger partial charge in [-0.25, -0.2) is 0 Å². The van der Waals surface area contributed by atoms with Crippen molar-refractivity contribution in [2.24, 2.45) is 0 Å². The average Bonchev–Trinajstić information content (AvgIpc) is 2.20. The smallest absolute Gasteiger partial charge is 0.0534 e. The van der Waals surface area contributed by atoms with E-state index in [0.717, 1.165) is 17.7 Å². The second-order valence-corrected chi connectivity index (χ2v) is 3.70. The van der Waals surface area contributed by atoms with Gasteiger partial charge in [0.25, 0.3) is 0 Å². The predicted octanol–water partition coefficient (Wildman–Crippen LogP) is 1.60. The molecular formula is C12H19NO2. The Bertz CT molecular complexity index is 287. The third-order valence-corrected chi connectivity index (χ3v) is 2.25. The first kappa shape index (κ1) is 12.0. The number of anilines is 1. The number of aliphatic hydroxyl groups is 1. The number of para-hydroxylation sites is 1. The minimum Gasteiger partial charge on any atom is -0.399 e. The Kier molecular flexibility index (Phi) is 5.15. The number of nitrogens with two attached hydrogens (primary N) is 1. The molecule has 3 heteroatoms. The number of aliphatic hydroxyl groups excluding tert-OH is 1. The van der Waals surface area contributed by atoms with Gasteiger partial charge in [0.2, 0.25) is 0 Å². The molecule has 1 atom stereocenters. The average molecular weight is 209 g/mol. The fourth-order valence-electron chi connectivity index (χ4n) is 1.30. The van der Waals surface area contributed by atoms with Crippen LogP contribution in [0.3, 0.4) is 0 Å². The highest BCUT2D eigenvalue weighted by atomic mass is 16.5. The molecule has 15 heavy (non-hydrogen) atoms. The SMILES string of the molecule is CC(O)CCOCCc1ccccc1N. The fourth-order valence-corrected chi connectivity index (χ4v) is 1.30. The van der Waals surface area contributed by atoms with Gasteiger partial charge in [-0.1, -0.05) is 18.2 Å². The number of hydrogen-bond acceptors (Lipinski definition) is 3. The van der Waals surface area contributed by atoms with E-state index in [0.29, 0.717) is 19.6 Å². The molecule has 0 aliphatic heterocycles. The van der Waals surface area contributed by atoms with Crippen molar-refractivity contribution >= 4 is 5.69 Å². The summed E-state index contributed by atoms with van der Waals surface area (Å²) in [5.74, 6) is 0. The van der Waals surface area contributed by atoms with Gasteiger partial charge in [0.05, 0.1) is 12.7 Å². The lowest BCUT2D eigenvalue weighted by Crippen LogP contribution is -2.08. The van der Waals surface area contributed by atoms with Crippen molar-refractivity contribution in [3.05, 3.63) is 29.8 Å². The summed E-state index contributed by atoms with van der Waals surface area (Å²) in [5.41, 5.74) is 7.72. The quantitative estimate of drug-likeness (QED) is 0.552. The summed E-state index contributed by atoms with van der Waals surface area (Å²) in [7, 11) is 0. The Morgan fingerprint density at radius 3 is 2.73 bits per heavy atom. The summed E-state index contributed by atoms with van der Waals surface area (Å²) >= 11 is 0. The maximum absolute atomic E-state index is 9.01. The highest BCUT2D eigenvalue weighted by molar-refractivity contribution is 5.46. The van der Waals surface area contributed by atoms with Crippen molar-refractivity contribution in [3.63, 3.8) is 0 Å². The van der Waals surface area contributed by atoms with Crippen LogP contribution in [0.5, 0.6) is 0 Å². The summed E-state index contributed by atoms with van der Waals surface area (Å²) in [4.78, 5) is 0. The number of rotatable bonds is 6. The van der Waals surface area contributed by atoms with E-state index in [-0.39, 0.29) is 6.10 Å². The van der Waals surface area contributed by atoms with Crippen LogP contribution in [-0.2, 0) is 11.2 Å². The Labute approximate surface area is 90.9 Å². The van der Waals surface area contributed by atoms with Crippen LogP contribution < -0.4 is 5.73 Å². The van der Waals surface area contributed by atoms with E-state index in [2.05, 4.69) is 0 Å². The van der Waals surface area contributed by atoms with Gasteiger partial charge in [0.1, 0.15) is 0 Å². The fraction of sp³-hybridized carbons (Fsp3) is 0.500. The predicted molar refractivity (Wildman–Crippen MR) is 61.7 cm³/mol. The van der Waals surface area contributed by atoms with Crippen LogP contribution in [0.1, 0.15) is 18.9 Å². The second kappa shape index (κ2) is 6.43. The lowest BCUT2D eigenvalue weighted by molar-refractivity contribution is 0.0911. The van der Waals surface area contributed by atoms with Gasteiger partial charge < -0.3 is 15.6 Å². The normalized spacial score (nSPS) is 12.7. The van der Waals surface area contributed by atoms with E-state index in [4.69, 9.17) is 15.6 Å². The van der Waals surface area contributed by atoms with Crippen molar-refractivity contribution in [2.75, 3.05) is 18.9 Å². The van der Waals surface area contributed by atoms with Gasteiger partial charge in [-0.15, -0.1) is 0 Å². The third-order valence-electron chi connectivity index (χ3n) is 2.25. The van der Waals surface area contributed by atoms with Crippen molar-refractivity contribution in [2.45, 2.75) is 25.9 Å². The zero-order valence-corrected chi connectivity index (χ0v) is 9.15. The highest BCUT2D eigenvalue weighted by Gasteiger charge is 1.98. The Morgan fingerprint density at radius 2 is 2.07 bits per heavy atom. The van der Waals surface area contributed by atoms with Crippen molar-refractivity contribution in [1.82, 2.24) is 0 Å². The number of nitrogen functional groups attached to an aromatic ring is 1. The first-order chi connectivity index (χ1) is 7.20. The minimum atomic E-state index is -0.285. The monoisotopic (exact) mass is 209 g/mol. The largest absolute Gasteiger partial charge is 0.399 e. The molecule has 0 bridgehead atoms. The molecule has 0 saturated heterocycles. The Balaban J connectivity index is 2.18. The van der Waals surface area contributed by atoms with E-state index in [9.17, 15) is 0 Å². The lowest BCUT2D eigenvalue weighted by Gasteiger charge is -2.07. The van der Waals surface area contributed by atoms with Gasteiger partial charge in [0, 0.05) is 12.3 Å². The maximum atomic E-state index is 9.01. The minimum absolute atomic E-state index is 0.285. The number of ether oxygens (including phenoxy) is 1. The van der Waals surface area contributed by atoms with E-state index < -0.39 is 0 Å². The van der Waals surface area contributed by atoms with Gasteiger partial charge in [-0.05, 0) is 31.4 Å². The molecule has 0 aliphatic rings. The number of hydrogen-bond donors (Lipinski definition) is 2. The zero-order chi connectivity index (χ0) is 11.1. The van der Waals surface area contributed by atoms with Gasteiger partial charge in [-0.2, -0.15) is 0 Å². The Morgan fingerprint density at radius 1 is 1.33 bits per heavy atom. The summed E-state index contributed by atoms with van der Waals surface area (Å²) < 4.78 is 5.39. The van der Waals surface area contributed by atoms with Crippen LogP contribution in [0.4, 0.5) is 5.69 Å². The van der Waals surface area contributed by atoms with Crippen LogP contribution in [0.2, 0.25) is 0 Å². The topological polar surface area (TPSA) is 55.5 Å². The van der Waals surface area contributed by atoms with Gasteiger partial charge in [0.15, 0.2) is 0 Å². The lowest BCUT2D eigenvalue weighted by atomic mass is 10.1. The van der Waals surface area contributed by atoms with Crippen molar-refractivity contribution in [1.29, 1.82) is 0 Å². The molecule has 0 aliphatic carbocycles. The van der Waals surface area contributed by atoms with Crippen LogP contribution in [0, 0.1) is 0 Å². The molecule has 1 unspecified atom stereocenters. The molecule has 3 N–H and O–H groups in total. The molecular weight excluding hydrogens is 190 g/mol. The zero-order valence-electron chi connectivity index (χ0n) is 9.15. The first-order valence-corrected chi connectivity index (χ1v) is 5.29. The molecule has 1 aromatic carbocycles. The van der Waals surface area contributed by atoms with Crippen LogP contribution in [-0.4, -0.2) is 24.4 Å². The number of benzene rings is 1. The van der Waals surface area contributed by atoms with Crippen LogP contribution in [0.25, 0.3) is 0 Å². The van der Waals surface area contributed by atoms with Crippen molar-refractivity contribution in [3.8, 4) is 0 Å². The van der Waals surface area contributed by atoms with Crippen molar-refractivity contribution < 1.29 is 9.84 Å². The molecule has 0 fully saturated rings. The molecule has 0 saturated carbocycles. The van der Waals surface area contributed by atoms with E-state index in [1.807, 2.05) is 24.3 Å². The highest BCUT2D eigenvalue weighted by Crippen LogP contribution is 2.10. The van der Waals surface area contributed by atoms with Gasteiger partial charge >= 0.3 is 0 Å². The molecule has 1 aromatic rings. The summed E-state index contributed by atoms with van der Waals surface area (Å²) in [6.45, 7) is 3.02. The van der Waals surface area contributed by atoms with E-state index in [1.54, 1.807) is 6.92 Å². The van der Waals surface area contributed by atoms with E-state index in [1.165, 1.54) is 0 Å². The molecule has 0 spiro atoms.